The van der Waals surface area contributed by atoms with E-state index in [0.717, 1.165) is 11.1 Å². The van der Waals surface area contributed by atoms with Gasteiger partial charge < -0.3 is 4.74 Å². The normalized spacial score (nSPS) is 19.7. The number of carbonyl (C=O) groups excluding carboxylic acids is 2. The van der Waals surface area contributed by atoms with Gasteiger partial charge >= 0.3 is 5.97 Å². The van der Waals surface area contributed by atoms with Crippen molar-refractivity contribution in [3.05, 3.63) is 35.5 Å². The second kappa shape index (κ2) is 6.34. The quantitative estimate of drug-likeness (QED) is 0.427. The standard InChI is InChI=1S/C15H20O3/c1-10(2)7-14(16)8-11(3)5-6-13-9-18-15(17)12(13)4/h5,7,13H,4,6,8-9H2,1-3H3/b11-5+/t13-/m1/s1. The number of allylic oxidation sites excluding steroid dienone is 4. The highest BCUT2D eigenvalue weighted by Crippen LogP contribution is 2.23. The van der Waals surface area contributed by atoms with Crippen molar-refractivity contribution in [1.82, 2.24) is 0 Å². The average molecular weight is 248 g/mol. The van der Waals surface area contributed by atoms with Gasteiger partial charge in [-0.1, -0.05) is 23.8 Å². The summed E-state index contributed by atoms with van der Waals surface area (Å²) in [6, 6.07) is 0. The molecular weight excluding hydrogens is 228 g/mol. The predicted octanol–water partition coefficient (Wildman–Crippen LogP) is 2.98. The first kappa shape index (κ1) is 14.4. The molecule has 0 N–H and O–H groups in total. The third-order valence-electron chi connectivity index (χ3n) is 2.82. The Morgan fingerprint density at radius 1 is 1.44 bits per heavy atom. The summed E-state index contributed by atoms with van der Waals surface area (Å²) in [6.45, 7) is 9.86. The summed E-state index contributed by atoms with van der Waals surface area (Å²) < 4.78 is 4.90. The number of ketones is 1. The number of hydrogen-bond donors (Lipinski definition) is 0. The van der Waals surface area contributed by atoms with E-state index in [1.54, 1.807) is 6.08 Å². The molecule has 1 fully saturated rings. The zero-order valence-corrected chi connectivity index (χ0v) is 11.3. The zero-order chi connectivity index (χ0) is 13.7. The molecular formula is C15H20O3. The Morgan fingerprint density at radius 3 is 2.61 bits per heavy atom. The van der Waals surface area contributed by atoms with Crippen molar-refractivity contribution in [2.45, 2.75) is 33.6 Å². The van der Waals surface area contributed by atoms with Gasteiger partial charge in [-0.15, -0.1) is 0 Å². The second-order valence-corrected chi connectivity index (χ2v) is 4.97. The van der Waals surface area contributed by atoms with Gasteiger partial charge in [0, 0.05) is 17.9 Å². The highest BCUT2D eigenvalue weighted by Gasteiger charge is 2.27. The van der Waals surface area contributed by atoms with Crippen molar-refractivity contribution in [2.24, 2.45) is 5.92 Å². The van der Waals surface area contributed by atoms with Crippen LogP contribution < -0.4 is 0 Å². The molecule has 1 atom stereocenters. The van der Waals surface area contributed by atoms with Gasteiger partial charge in [0.1, 0.15) is 0 Å². The maximum atomic E-state index is 11.6. The van der Waals surface area contributed by atoms with Crippen molar-refractivity contribution in [3.63, 3.8) is 0 Å². The first-order valence-electron chi connectivity index (χ1n) is 6.09. The maximum Gasteiger partial charge on any atom is 0.333 e. The lowest BCUT2D eigenvalue weighted by Gasteiger charge is -2.04. The van der Waals surface area contributed by atoms with E-state index in [2.05, 4.69) is 6.58 Å². The lowest BCUT2D eigenvalue weighted by molar-refractivity contribution is -0.135. The van der Waals surface area contributed by atoms with Crippen molar-refractivity contribution in [2.75, 3.05) is 6.61 Å². The van der Waals surface area contributed by atoms with E-state index in [4.69, 9.17) is 4.74 Å². The number of cyclic esters (lactones) is 1. The van der Waals surface area contributed by atoms with Gasteiger partial charge in [0.25, 0.3) is 0 Å². The van der Waals surface area contributed by atoms with Gasteiger partial charge in [0.15, 0.2) is 5.78 Å². The van der Waals surface area contributed by atoms with E-state index in [1.165, 1.54) is 0 Å². The smallest absolute Gasteiger partial charge is 0.333 e. The molecule has 98 valence electrons. The van der Waals surface area contributed by atoms with Crippen molar-refractivity contribution < 1.29 is 14.3 Å². The molecule has 3 heteroatoms. The number of carbonyl (C=O) groups is 2. The Labute approximate surface area is 108 Å². The summed E-state index contributed by atoms with van der Waals surface area (Å²) >= 11 is 0. The molecule has 1 rings (SSSR count). The molecule has 1 saturated heterocycles. The van der Waals surface area contributed by atoms with Crippen LogP contribution in [0.15, 0.2) is 35.5 Å². The molecule has 0 bridgehead atoms. The van der Waals surface area contributed by atoms with Crippen LogP contribution in [0.4, 0.5) is 0 Å². The Bertz CT molecular complexity index is 423. The number of rotatable bonds is 5. The molecule has 0 aromatic heterocycles. The van der Waals surface area contributed by atoms with Crippen LogP contribution in [0.25, 0.3) is 0 Å². The van der Waals surface area contributed by atoms with E-state index < -0.39 is 0 Å². The molecule has 1 heterocycles. The Kier molecular flexibility index (Phi) is 5.08. The molecule has 0 unspecified atom stereocenters. The molecule has 0 saturated carbocycles. The summed E-state index contributed by atoms with van der Waals surface area (Å²) in [4.78, 5) is 22.7. The van der Waals surface area contributed by atoms with Gasteiger partial charge in [-0.2, -0.15) is 0 Å². The minimum atomic E-state index is -0.299. The summed E-state index contributed by atoms with van der Waals surface area (Å²) in [7, 11) is 0. The van der Waals surface area contributed by atoms with Gasteiger partial charge in [-0.05, 0) is 33.3 Å². The van der Waals surface area contributed by atoms with Crippen LogP contribution >= 0.6 is 0 Å². The van der Waals surface area contributed by atoms with Crippen LogP contribution in [-0.2, 0) is 14.3 Å². The van der Waals surface area contributed by atoms with Crippen molar-refractivity contribution in [3.8, 4) is 0 Å². The lowest BCUT2D eigenvalue weighted by Crippen LogP contribution is -2.01. The van der Waals surface area contributed by atoms with E-state index in [0.29, 0.717) is 25.0 Å². The summed E-state index contributed by atoms with van der Waals surface area (Å²) in [6.07, 6.45) is 4.78. The monoisotopic (exact) mass is 248 g/mol. The first-order valence-corrected chi connectivity index (χ1v) is 6.09. The van der Waals surface area contributed by atoms with Crippen LogP contribution in [0.3, 0.4) is 0 Å². The molecule has 0 amide bonds. The van der Waals surface area contributed by atoms with Gasteiger partial charge in [0.05, 0.1) is 6.61 Å². The second-order valence-electron chi connectivity index (χ2n) is 4.97. The molecule has 1 aliphatic heterocycles. The summed E-state index contributed by atoms with van der Waals surface area (Å²) in [5.74, 6) is -0.126. The molecule has 0 radical (unpaired) electrons. The van der Waals surface area contributed by atoms with E-state index in [9.17, 15) is 9.59 Å². The fourth-order valence-corrected chi connectivity index (χ4v) is 1.81. The molecule has 0 aromatic carbocycles. The lowest BCUT2D eigenvalue weighted by atomic mass is 9.98. The van der Waals surface area contributed by atoms with Crippen LogP contribution in [0.2, 0.25) is 0 Å². The first-order chi connectivity index (χ1) is 8.40. The summed E-state index contributed by atoms with van der Waals surface area (Å²) in [5.41, 5.74) is 2.57. The molecule has 0 spiro atoms. The Hall–Kier alpha value is -1.64. The van der Waals surface area contributed by atoms with Crippen LogP contribution in [0.5, 0.6) is 0 Å². The van der Waals surface area contributed by atoms with E-state index >= 15 is 0 Å². The fraction of sp³-hybridized carbons (Fsp3) is 0.467. The Balaban J connectivity index is 2.48. The van der Waals surface area contributed by atoms with Crippen LogP contribution in [0.1, 0.15) is 33.6 Å². The van der Waals surface area contributed by atoms with Crippen LogP contribution in [-0.4, -0.2) is 18.4 Å². The highest BCUT2D eigenvalue weighted by atomic mass is 16.5. The maximum absolute atomic E-state index is 11.6. The fourth-order valence-electron chi connectivity index (χ4n) is 1.81. The van der Waals surface area contributed by atoms with Crippen molar-refractivity contribution in [1.29, 1.82) is 0 Å². The minimum absolute atomic E-state index is 0.0611. The molecule has 3 nitrogen and oxygen atoms in total. The van der Waals surface area contributed by atoms with Gasteiger partial charge in [0.2, 0.25) is 0 Å². The summed E-state index contributed by atoms with van der Waals surface area (Å²) in [5, 5.41) is 0. The molecule has 1 aliphatic rings. The SMILES string of the molecule is C=C1C(=O)OC[C@H]1C/C=C(\C)CC(=O)C=C(C)C. The van der Waals surface area contributed by atoms with Gasteiger partial charge in [-0.25, -0.2) is 4.79 Å². The predicted molar refractivity (Wildman–Crippen MR) is 71.0 cm³/mol. The molecule has 0 aliphatic carbocycles. The highest BCUT2D eigenvalue weighted by molar-refractivity contribution is 5.92. The van der Waals surface area contributed by atoms with Gasteiger partial charge in [-0.3, -0.25) is 4.79 Å². The third kappa shape index (κ3) is 4.32. The number of esters is 1. The molecule has 18 heavy (non-hydrogen) atoms. The Morgan fingerprint density at radius 2 is 2.11 bits per heavy atom. The van der Waals surface area contributed by atoms with Crippen LogP contribution in [0, 0.1) is 5.92 Å². The topological polar surface area (TPSA) is 43.4 Å². The number of hydrogen-bond acceptors (Lipinski definition) is 3. The van der Waals surface area contributed by atoms with Crippen molar-refractivity contribution >= 4 is 11.8 Å². The van der Waals surface area contributed by atoms with E-state index in [1.807, 2.05) is 26.8 Å². The van der Waals surface area contributed by atoms with E-state index in [-0.39, 0.29) is 17.7 Å². The molecule has 0 aromatic rings. The average Bonchev–Trinajstić information content (AvgIpc) is 2.56. The minimum Gasteiger partial charge on any atom is -0.462 e. The zero-order valence-electron chi connectivity index (χ0n) is 11.3. The third-order valence-corrected chi connectivity index (χ3v) is 2.82. The largest absolute Gasteiger partial charge is 0.462 e. The number of ether oxygens (including phenoxy) is 1.